The van der Waals surface area contributed by atoms with Crippen LogP contribution in [0.5, 0.6) is 0 Å². The van der Waals surface area contributed by atoms with Gasteiger partial charge in [0.15, 0.2) is 0 Å². The van der Waals surface area contributed by atoms with Crippen LogP contribution in [0.1, 0.15) is 46.0 Å². The van der Waals surface area contributed by atoms with E-state index in [2.05, 4.69) is 19.2 Å². The molecular weight excluding hydrogens is 122 g/mol. The van der Waals surface area contributed by atoms with E-state index in [4.69, 9.17) is 0 Å². The topological polar surface area (TPSA) is 12.0 Å². The van der Waals surface area contributed by atoms with Crippen LogP contribution in [0, 0.1) is 6.04 Å². The van der Waals surface area contributed by atoms with Crippen molar-refractivity contribution in [1.82, 2.24) is 5.32 Å². The second-order valence-corrected chi connectivity index (χ2v) is 3.14. The highest BCUT2D eigenvalue weighted by Crippen LogP contribution is 2.29. The highest BCUT2D eigenvalue weighted by atomic mass is 15.0. The highest BCUT2D eigenvalue weighted by molar-refractivity contribution is 5.03. The van der Waals surface area contributed by atoms with E-state index in [-0.39, 0.29) is 0 Å². The number of nitrogens with one attached hydrogen (secondary N) is 1. The van der Waals surface area contributed by atoms with Gasteiger partial charge in [-0.25, -0.2) is 0 Å². The molecule has 0 aromatic rings. The van der Waals surface area contributed by atoms with E-state index in [1.165, 1.54) is 32.1 Å². The number of hydrogen-bond donors (Lipinski definition) is 1. The highest BCUT2D eigenvalue weighted by Gasteiger charge is 2.24. The first-order valence-electron chi connectivity index (χ1n) is 4.48. The van der Waals surface area contributed by atoms with Crippen molar-refractivity contribution in [1.29, 1.82) is 0 Å². The summed E-state index contributed by atoms with van der Waals surface area (Å²) in [6, 6.07) is 2.35. The maximum atomic E-state index is 3.56. The zero-order valence-electron chi connectivity index (χ0n) is 7.11. The molecule has 1 fully saturated rings. The Bertz CT molecular complexity index is 86.7. The molecule has 1 rings (SSSR count). The maximum absolute atomic E-state index is 3.56. The molecule has 1 nitrogen and oxygen atoms in total. The Morgan fingerprint density at radius 2 is 2.10 bits per heavy atom. The van der Waals surface area contributed by atoms with Gasteiger partial charge in [-0.2, -0.15) is 0 Å². The van der Waals surface area contributed by atoms with Crippen LogP contribution < -0.4 is 5.32 Å². The summed E-state index contributed by atoms with van der Waals surface area (Å²) in [4.78, 5) is 0. The zero-order chi connectivity index (χ0) is 7.40. The van der Waals surface area contributed by atoms with Crippen LogP contribution in [0.4, 0.5) is 0 Å². The molecular formula is C9H18N. The van der Waals surface area contributed by atoms with E-state index < -0.39 is 0 Å². The molecule has 0 amide bonds. The third kappa shape index (κ3) is 2.70. The Morgan fingerprint density at radius 3 is 2.50 bits per heavy atom. The number of rotatable bonds is 5. The van der Waals surface area contributed by atoms with Crippen LogP contribution in [0.25, 0.3) is 0 Å². The van der Waals surface area contributed by atoms with Crippen molar-refractivity contribution in [2.24, 2.45) is 0 Å². The first-order valence-corrected chi connectivity index (χ1v) is 4.48. The molecule has 1 N–H and O–H groups in total. The van der Waals surface area contributed by atoms with Crippen molar-refractivity contribution in [2.75, 3.05) is 0 Å². The Kier molecular flexibility index (Phi) is 3.20. The standard InChI is InChI=1S/C9H18N/c1-3-5-8(4-2)10-9-6-7-9/h8,10H,3-7H2,1-2H3. The fourth-order valence-electron chi connectivity index (χ4n) is 1.22. The molecule has 1 radical (unpaired) electrons. The van der Waals surface area contributed by atoms with Crippen LogP contribution in [-0.2, 0) is 0 Å². The summed E-state index contributed by atoms with van der Waals surface area (Å²) < 4.78 is 0. The molecule has 0 saturated heterocycles. The lowest BCUT2D eigenvalue weighted by atomic mass is 10.1. The molecule has 1 unspecified atom stereocenters. The van der Waals surface area contributed by atoms with E-state index >= 15 is 0 Å². The first kappa shape index (κ1) is 8.06. The molecule has 0 heterocycles. The molecule has 0 aromatic heterocycles. The van der Waals surface area contributed by atoms with Gasteiger partial charge >= 0.3 is 0 Å². The van der Waals surface area contributed by atoms with Gasteiger partial charge in [-0.15, -0.1) is 0 Å². The normalized spacial score (nSPS) is 21.0. The van der Waals surface area contributed by atoms with Crippen molar-refractivity contribution in [3.05, 3.63) is 6.04 Å². The van der Waals surface area contributed by atoms with Gasteiger partial charge in [0.05, 0.1) is 0 Å². The van der Waals surface area contributed by atoms with Gasteiger partial charge in [-0.3, -0.25) is 0 Å². The predicted molar refractivity (Wildman–Crippen MR) is 44.6 cm³/mol. The Morgan fingerprint density at radius 1 is 1.40 bits per heavy atom. The van der Waals surface area contributed by atoms with Gasteiger partial charge in [0.2, 0.25) is 0 Å². The van der Waals surface area contributed by atoms with Crippen LogP contribution in [0.2, 0.25) is 0 Å². The average Bonchev–Trinajstić information content (AvgIpc) is 2.71. The van der Waals surface area contributed by atoms with Gasteiger partial charge in [-0.1, -0.05) is 20.3 Å². The molecule has 1 heteroatoms. The summed E-state index contributed by atoms with van der Waals surface area (Å²) in [6.07, 6.45) is 6.58. The van der Waals surface area contributed by atoms with E-state index in [0.717, 1.165) is 6.04 Å². The van der Waals surface area contributed by atoms with Crippen molar-refractivity contribution in [2.45, 2.75) is 52.0 Å². The van der Waals surface area contributed by atoms with Gasteiger partial charge in [0.25, 0.3) is 0 Å². The van der Waals surface area contributed by atoms with Gasteiger partial charge in [-0.05, 0) is 25.7 Å². The van der Waals surface area contributed by atoms with Crippen molar-refractivity contribution in [3.8, 4) is 0 Å². The monoisotopic (exact) mass is 140 g/mol. The summed E-state index contributed by atoms with van der Waals surface area (Å²) in [5.74, 6) is 0. The minimum atomic E-state index is 0.766. The third-order valence-electron chi connectivity index (χ3n) is 2.04. The van der Waals surface area contributed by atoms with E-state index in [1.54, 1.807) is 6.04 Å². The lowest BCUT2D eigenvalue weighted by Gasteiger charge is -2.14. The Balaban J connectivity index is 2.05. The van der Waals surface area contributed by atoms with Crippen molar-refractivity contribution >= 4 is 0 Å². The lowest BCUT2D eigenvalue weighted by Crippen LogP contribution is -2.26. The quantitative estimate of drug-likeness (QED) is 0.618. The van der Waals surface area contributed by atoms with Gasteiger partial charge < -0.3 is 5.32 Å². The minimum Gasteiger partial charge on any atom is -0.307 e. The van der Waals surface area contributed by atoms with Gasteiger partial charge in [0, 0.05) is 12.1 Å². The molecule has 0 bridgehead atoms. The molecule has 1 aliphatic carbocycles. The second-order valence-electron chi connectivity index (χ2n) is 3.14. The fraction of sp³-hybridized carbons (Fsp3) is 0.889. The Hall–Kier alpha value is -0.0400. The van der Waals surface area contributed by atoms with Crippen molar-refractivity contribution < 1.29 is 0 Å². The average molecular weight is 140 g/mol. The molecule has 59 valence electrons. The van der Waals surface area contributed by atoms with Crippen molar-refractivity contribution in [3.63, 3.8) is 0 Å². The van der Waals surface area contributed by atoms with Crippen LogP contribution >= 0.6 is 0 Å². The molecule has 0 aromatic carbocycles. The Labute approximate surface area is 64.2 Å². The maximum Gasteiger partial charge on any atom is 0.0367 e. The fourth-order valence-corrected chi connectivity index (χ4v) is 1.22. The van der Waals surface area contributed by atoms with Gasteiger partial charge in [0.1, 0.15) is 0 Å². The van der Waals surface area contributed by atoms with E-state index in [1.807, 2.05) is 0 Å². The van der Waals surface area contributed by atoms with E-state index in [9.17, 15) is 0 Å². The summed E-state index contributed by atoms with van der Waals surface area (Å²) >= 11 is 0. The zero-order valence-corrected chi connectivity index (χ0v) is 7.11. The smallest absolute Gasteiger partial charge is 0.0367 e. The molecule has 10 heavy (non-hydrogen) atoms. The summed E-state index contributed by atoms with van der Waals surface area (Å²) in [5.41, 5.74) is 0. The largest absolute Gasteiger partial charge is 0.307 e. The number of hydrogen-bond acceptors (Lipinski definition) is 1. The molecule has 1 atom stereocenters. The summed E-state index contributed by atoms with van der Waals surface area (Å²) in [5, 5.41) is 3.56. The third-order valence-corrected chi connectivity index (χ3v) is 2.04. The molecule has 1 aliphatic rings. The summed E-state index contributed by atoms with van der Waals surface area (Å²) in [7, 11) is 0. The first-order chi connectivity index (χ1) is 4.86. The lowest BCUT2D eigenvalue weighted by molar-refractivity contribution is 0.495. The molecule has 0 spiro atoms. The summed E-state index contributed by atoms with van der Waals surface area (Å²) in [6.45, 7) is 4.51. The molecule has 0 aliphatic heterocycles. The SMILES string of the molecule is CCCC(CC)N[C]1CC1. The molecule has 1 saturated carbocycles. The van der Waals surface area contributed by atoms with Crippen LogP contribution in [0.3, 0.4) is 0 Å². The van der Waals surface area contributed by atoms with Crippen LogP contribution in [0.15, 0.2) is 0 Å². The minimum absolute atomic E-state index is 0.766. The second kappa shape index (κ2) is 3.97. The van der Waals surface area contributed by atoms with E-state index in [0.29, 0.717) is 0 Å². The predicted octanol–water partition coefficient (Wildman–Crippen LogP) is 2.48. The van der Waals surface area contributed by atoms with Crippen LogP contribution in [-0.4, -0.2) is 6.04 Å².